The highest BCUT2D eigenvalue weighted by Crippen LogP contribution is 2.44. The standard InChI is InChI=1S/C20H28N2O2S.C10H7F5.C7H16/c1-4-10-22(11-5-2)19(21-20(14(3)25)16-7-8-16)13-15-6-9-17(23)18(24)12-15;11-9(12)4-3-6-1-2-7(5-8(6)9)10(13,14)15;1-4-6-7(3)5-2/h6,9,12,23-25H,3-5,7-8,10-11,13H2,1-2H3;1-2,5H,3-4H2;7H,4-6H2,1-3H3. The SMILES string of the molecule is C=C(S)C(N=C(Cc1ccc(O)c(O)c1)N(CCC)CCC)=C1CC1.CCCC(C)CC.FC(F)(F)c1ccc2c(c1)C(F)(F)CC2. The Balaban J connectivity index is 0.000000293. The lowest BCUT2D eigenvalue weighted by molar-refractivity contribution is -0.137. The van der Waals surface area contributed by atoms with Crippen molar-refractivity contribution in [2.24, 2.45) is 10.9 Å². The van der Waals surface area contributed by atoms with Gasteiger partial charge in [-0.2, -0.15) is 13.2 Å². The molecule has 0 aliphatic heterocycles. The zero-order valence-corrected chi connectivity index (χ0v) is 29.3. The number of alkyl halides is 5. The summed E-state index contributed by atoms with van der Waals surface area (Å²) < 4.78 is 63.1. The van der Waals surface area contributed by atoms with Crippen molar-refractivity contribution in [2.45, 2.75) is 111 Å². The Labute approximate surface area is 282 Å². The molecule has 0 bridgehead atoms. The molecule has 0 radical (unpaired) electrons. The first-order chi connectivity index (χ1) is 22.1. The molecular formula is C37H51F5N2O2S. The quantitative estimate of drug-likeness (QED) is 0.0727. The summed E-state index contributed by atoms with van der Waals surface area (Å²) >= 11 is 4.42. The maximum absolute atomic E-state index is 13.1. The van der Waals surface area contributed by atoms with Crippen LogP contribution in [-0.4, -0.2) is 34.0 Å². The third kappa shape index (κ3) is 12.8. The third-order valence-electron chi connectivity index (χ3n) is 8.12. The van der Waals surface area contributed by atoms with Crippen molar-refractivity contribution < 1.29 is 32.2 Å². The van der Waals surface area contributed by atoms with Crippen LogP contribution in [0.5, 0.6) is 11.5 Å². The summed E-state index contributed by atoms with van der Waals surface area (Å²) in [7, 11) is 0. The number of nitrogens with zero attached hydrogens (tertiary/aromatic N) is 2. The number of thiol groups is 1. The van der Waals surface area contributed by atoms with Gasteiger partial charge in [0.1, 0.15) is 5.84 Å². The second-order valence-corrected chi connectivity index (χ2v) is 12.8. The van der Waals surface area contributed by atoms with E-state index in [0.29, 0.717) is 23.0 Å². The highest BCUT2D eigenvalue weighted by molar-refractivity contribution is 7.84. The second kappa shape index (κ2) is 18.5. The van der Waals surface area contributed by atoms with Crippen LogP contribution in [0, 0.1) is 5.92 Å². The Bertz CT molecular complexity index is 1380. The minimum Gasteiger partial charge on any atom is -0.504 e. The molecule has 0 amide bonds. The van der Waals surface area contributed by atoms with E-state index in [1.807, 2.05) is 6.07 Å². The number of amidine groups is 1. The van der Waals surface area contributed by atoms with Gasteiger partial charge in [-0.05, 0) is 79.0 Å². The van der Waals surface area contributed by atoms with E-state index in [-0.39, 0.29) is 17.9 Å². The zero-order valence-electron chi connectivity index (χ0n) is 28.4. The highest BCUT2D eigenvalue weighted by Gasteiger charge is 2.41. The maximum Gasteiger partial charge on any atom is 0.416 e. The van der Waals surface area contributed by atoms with Gasteiger partial charge in [0.05, 0.1) is 11.3 Å². The molecule has 2 aromatic rings. The molecule has 2 N–H and O–H groups in total. The van der Waals surface area contributed by atoms with E-state index in [1.165, 1.54) is 30.9 Å². The van der Waals surface area contributed by atoms with Gasteiger partial charge in [-0.15, -0.1) is 12.6 Å². The molecule has 2 aliphatic rings. The van der Waals surface area contributed by atoms with Crippen LogP contribution in [0.3, 0.4) is 0 Å². The fourth-order valence-corrected chi connectivity index (χ4v) is 5.41. The molecule has 2 aliphatic carbocycles. The second-order valence-electron chi connectivity index (χ2n) is 12.3. The van der Waals surface area contributed by atoms with Gasteiger partial charge >= 0.3 is 6.18 Å². The van der Waals surface area contributed by atoms with Crippen LogP contribution in [0.15, 0.2) is 64.1 Å². The number of allylic oxidation sites excluding steroid dienone is 1. The van der Waals surface area contributed by atoms with Gasteiger partial charge in [0, 0.05) is 36.4 Å². The molecule has 2 aromatic carbocycles. The molecular weight excluding hydrogens is 631 g/mol. The number of hydrogen-bond donors (Lipinski definition) is 3. The lowest BCUT2D eigenvalue weighted by Crippen LogP contribution is -2.34. The fourth-order valence-electron chi connectivity index (χ4n) is 5.20. The van der Waals surface area contributed by atoms with E-state index in [0.717, 1.165) is 73.9 Å². The van der Waals surface area contributed by atoms with Gasteiger partial charge in [0.15, 0.2) is 11.5 Å². The summed E-state index contributed by atoms with van der Waals surface area (Å²) in [5.41, 5.74) is 1.95. The monoisotopic (exact) mass is 682 g/mol. The largest absolute Gasteiger partial charge is 0.504 e. The Kier molecular flexibility index (Phi) is 15.8. The van der Waals surface area contributed by atoms with Crippen molar-refractivity contribution >= 4 is 18.5 Å². The lowest BCUT2D eigenvalue weighted by atomic mass is 10.0. The van der Waals surface area contributed by atoms with Gasteiger partial charge in [-0.25, -0.2) is 13.8 Å². The van der Waals surface area contributed by atoms with Gasteiger partial charge in [-0.3, -0.25) is 0 Å². The van der Waals surface area contributed by atoms with Crippen LogP contribution >= 0.6 is 12.6 Å². The summed E-state index contributed by atoms with van der Waals surface area (Å²) in [6.07, 6.45) is 4.05. The topological polar surface area (TPSA) is 56.1 Å². The lowest BCUT2D eigenvalue weighted by Gasteiger charge is -2.26. The first-order valence-corrected chi connectivity index (χ1v) is 17.0. The summed E-state index contributed by atoms with van der Waals surface area (Å²) in [5.74, 6) is -1.42. The first-order valence-electron chi connectivity index (χ1n) is 16.6. The average molecular weight is 683 g/mol. The number of aliphatic imine (C=N–C) groups is 1. The molecule has 10 heteroatoms. The molecule has 0 heterocycles. The molecule has 1 atom stereocenters. The number of aromatic hydroxyl groups is 2. The van der Waals surface area contributed by atoms with Crippen LogP contribution in [0.1, 0.15) is 108 Å². The summed E-state index contributed by atoms with van der Waals surface area (Å²) in [6, 6.07) is 7.48. The number of rotatable bonds is 11. The predicted molar refractivity (Wildman–Crippen MR) is 185 cm³/mol. The number of phenolic OH excluding ortho intramolecular Hbond substituents is 2. The number of aryl methyl sites for hydroxylation is 1. The third-order valence-corrected chi connectivity index (χ3v) is 8.33. The summed E-state index contributed by atoms with van der Waals surface area (Å²) in [5, 5.41) is 19.3. The number of phenols is 2. The van der Waals surface area contributed by atoms with E-state index in [4.69, 9.17) is 4.99 Å². The molecule has 0 aromatic heterocycles. The van der Waals surface area contributed by atoms with Crippen LogP contribution in [0.2, 0.25) is 0 Å². The van der Waals surface area contributed by atoms with Gasteiger partial charge in [0.25, 0.3) is 5.92 Å². The number of hydrogen-bond acceptors (Lipinski definition) is 4. The number of benzene rings is 2. The molecule has 47 heavy (non-hydrogen) atoms. The van der Waals surface area contributed by atoms with Gasteiger partial charge in [-0.1, -0.05) is 72.6 Å². The van der Waals surface area contributed by atoms with Gasteiger partial charge in [0.2, 0.25) is 0 Å². The molecule has 0 spiro atoms. The molecule has 4 rings (SSSR count). The van der Waals surface area contributed by atoms with E-state index in [1.54, 1.807) is 6.07 Å². The van der Waals surface area contributed by atoms with Crippen LogP contribution in [0.25, 0.3) is 0 Å². The maximum atomic E-state index is 13.1. The predicted octanol–water partition coefficient (Wildman–Crippen LogP) is 11.2. The zero-order chi connectivity index (χ0) is 35.4. The Morgan fingerprint density at radius 1 is 0.957 bits per heavy atom. The molecule has 0 saturated heterocycles. The highest BCUT2D eigenvalue weighted by atomic mass is 32.1. The molecule has 1 unspecified atom stereocenters. The van der Waals surface area contributed by atoms with Crippen molar-refractivity contribution in [3.63, 3.8) is 0 Å². The fraction of sp³-hybridized carbons (Fsp3) is 0.541. The van der Waals surface area contributed by atoms with Crippen molar-refractivity contribution in [3.8, 4) is 11.5 Å². The van der Waals surface area contributed by atoms with Crippen molar-refractivity contribution in [3.05, 3.63) is 81.4 Å². The minimum atomic E-state index is -4.56. The molecule has 262 valence electrons. The van der Waals surface area contributed by atoms with Crippen molar-refractivity contribution in [1.82, 2.24) is 4.90 Å². The smallest absolute Gasteiger partial charge is 0.416 e. The molecule has 1 saturated carbocycles. The Hall–Kier alpha value is -3.01. The Morgan fingerprint density at radius 2 is 1.60 bits per heavy atom. The first kappa shape index (κ1) is 40.2. The molecule has 1 fully saturated rings. The average Bonchev–Trinajstić information content (AvgIpc) is 3.80. The van der Waals surface area contributed by atoms with Crippen molar-refractivity contribution in [2.75, 3.05) is 13.1 Å². The van der Waals surface area contributed by atoms with E-state index in [2.05, 4.69) is 58.7 Å². The van der Waals surface area contributed by atoms with Crippen LogP contribution < -0.4 is 0 Å². The summed E-state index contributed by atoms with van der Waals surface area (Å²) in [6.45, 7) is 16.9. The molecule has 4 nitrogen and oxygen atoms in total. The Morgan fingerprint density at radius 3 is 2.06 bits per heavy atom. The van der Waals surface area contributed by atoms with E-state index < -0.39 is 29.6 Å². The van der Waals surface area contributed by atoms with Crippen molar-refractivity contribution in [1.29, 1.82) is 0 Å². The normalized spacial score (nSPS) is 15.5. The van der Waals surface area contributed by atoms with Crippen LogP contribution in [-0.2, 0) is 24.9 Å². The minimum absolute atomic E-state index is 0.103. The summed E-state index contributed by atoms with van der Waals surface area (Å²) in [4.78, 5) is 7.92. The number of fused-ring (bicyclic) bond motifs is 1. The van der Waals surface area contributed by atoms with Crippen LogP contribution in [0.4, 0.5) is 22.0 Å². The van der Waals surface area contributed by atoms with Gasteiger partial charge < -0.3 is 15.1 Å². The van der Waals surface area contributed by atoms with E-state index >= 15 is 0 Å². The van der Waals surface area contributed by atoms with E-state index in [9.17, 15) is 32.2 Å². The number of halogens is 5.